The number of ether oxygens (including phenoxy) is 5. The monoisotopic (exact) mass is 461 g/mol. The fraction of sp³-hybridized carbons (Fsp3) is 0.222. The third-order valence-corrected chi connectivity index (χ3v) is 5.61. The fourth-order valence-electron chi connectivity index (χ4n) is 4.00. The van der Waals surface area contributed by atoms with Crippen LogP contribution < -0.4 is 23.7 Å². The van der Waals surface area contributed by atoms with E-state index in [1.807, 2.05) is 49.4 Å². The van der Waals surface area contributed by atoms with E-state index in [-0.39, 0.29) is 5.78 Å². The van der Waals surface area contributed by atoms with Crippen LogP contribution in [0.15, 0.2) is 54.6 Å². The summed E-state index contributed by atoms with van der Waals surface area (Å²) in [5.41, 5.74) is 3.30. The number of aromatic nitrogens is 1. The largest absolute Gasteiger partial charge is 0.497 e. The second-order valence-electron chi connectivity index (χ2n) is 7.49. The van der Waals surface area contributed by atoms with Crippen molar-refractivity contribution in [2.75, 3.05) is 35.0 Å². The fourth-order valence-corrected chi connectivity index (χ4v) is 4.00. The van der Waals surface area contributed by atoms with E-state index in [0.717, 1.165) is 22.2 Å². The molecule has 34 heavy (non-hydrogen) atoms. The Kier molecular flexibility index (Phi) is 6.63. The van der Waals surface area contributed by atoms with Gasteiger partial charge in [-0.15, -0.1) is 0 Å². The summed E-state index contributed by atoms with van der Waals surface area (Å²) in [6.07, 6.45) is 0. The minimum absolute atomic E-state index is 0.181. The highest BCUT2D eigenvalue weighted by atomic mass is 16.5. The van der Waals surface area contributed by atoms with Gasteiger partial charge in [0.25, 0.3) is 0 Å². The van der Waals surface area contributed by atoms with E-state index in [1.165, 1.54) is 21.3 Å². The molecule has 0 amide bonds. The molecular formula is C27H27NO6. The highest BCUT2D eigenvalue weighted by molar-refractivity contribution is 6.20. The lowest BCUT2D eigenvalue weighted by Crippen LogP contribution is -2.05. The molecule has 0 atom stereocenters. The molecule has 1 N–H and O–H groups in total. The summed E-state index contributed by atoms with van der Waals surface area (Å²) in [6, 6.07) is 16.6. The van der Waals surface area contributed by atoms with Crippen LogP contribution in [0.3, 0.4) is 0 Å². The molecule has 3 aromatic carbocycles. The zero-order valence-corrected chi connectivity index (χ0v) is 19.9. The van der Waals surface area contributed by atoms with Gasteiger partial charge < -0.3 is 28.7 Å². The molecule has 0 spiro atoms. The minimum Gasteiger partial charge on any atom is -0.497 e. The van der Waals surface area contributed by atoms with E-state index >= 15 is 0 Å². The van der Waals surface area contributed by atoms with E-state index in [9.17, 15) is 4.79 Å². The van der Waals surface area contributed by atoms with Crippen LogP contribution in [0, 0.1) is 0 Å². The third kappa shape index (κ3) is 4.12. The average Bonchev–Trinajstić information content (AvgIpc) is 3.26. The maximum Gasteiger partial charge on any atom is 0.203 e. The van der Waals surface area contributed by atoms with Gasteiger partial charge >= 0.3 is 0 Å². The van der Waals surface area contributed by atoms with Gasteiger partial charge in [0, 0.05) is 17.0 Å². The second-order valence-corrected chi connectivity index (χ2v) is 7.49. The second kappa shape index (κ2) is 9.79. The summed E-state index contributed by atoms with van der Waals surface area (Å²) in [7, 11) is 6.18. The first-order chi connectivity index (χ1) is 16.5. The molecule has 0 bridgehead atoms. The van der Waals surface area contributed by atoms with Gasteiger partial charge in [-0.05, 0) is 61.0 Å². The SMILES string of the molecule is CCOc1ccc(-c2[nH]c3cc(OC)ccc3c2C(=O)c2cc(OC)c(OC)c(OC)c2)cc1. The number of nitrogens with one attached hydrogen (secondary N) is 1. The highest BCUT2D eigenvalue weighted by Crippen LogP contribution is 2.40. The summed E-state index contributed by atoms with van der Waals surface area (Å²) in [5, 5.41) is 0.781. The Balaban J connectivity index is 1.92. The number of hydrogen-bond donors (Lipinski definition) is 1. The van der Waals surface area contributed by atoms with Crippen molar-refractivity contribution in [2.45, 2.75) is 6.92 Å². The smallest absolute Gasteiger partial charge is 0.203 e. The first-order valence-corrected chi connectivity index (χ1v) is 10.8. The zero-order chi connectivity index (χ0) is 24.2. The minimum atomic E-state index is -0.181. The number of aromatic amines is 1. The lowest BCUT2D eigenvalue weighted by atomic mass is 9.96. The number of carbonyl (C=O) groups excluding carboxylic acids is 1. The Morgan fingerprint density at radius 3 is 2.00 bits per heavy atom. The van der Waals surface area contributed by atoms with Gasteiger partial charge in [0.1, 0.15) is 11.5 Å². The molecule has 0 radical (unpaired) electrons. The summed E-state index contributed by atoms with van der Waals surface area (Å²) in [5.74, 6) is 2.53. The summed E-state index contributed by atoms with van der Waals surface area (Å²) >= 11 is 0. The number of benzene rings is 3. The average molecular weight is 462 g/mol. The van der Waals surface area contributed by atoms with Crippen molar-refractivity contribution in [1.29, 1.82) is 0 Å². The maximum atomic E-state index is 13.9. The number of fused-ring (bicyclic) bond motifs is 1. The summed E-state index contributed by atoms with van der Waals surface area (Å²) < 4.78 is 27.3. The van der Waals surface area contributed by atoms with E-state index in [2.05, 4.69) is 4.98 Å². The number of rotatable bonds is 9. The van der Waals surface area contributed by atoms with Gasteiger partial charge in [0.05, 0.1) is 51.8 Å². The Labute approximate surface area is 198 Å². The van der Waals surface area contributed by atoms with E-state index < -0.39 is 0 Å². The maximum absolute atomic E-state index is 13.9. The first kappa shape index (κ1) is 23.0. The van der Waals surface area contributed by atoms with Crippen molar-refractivity contribution in [2.24, 2.45) is 0 Å². The molecule has 4 aromatic rings. The van der Waals surface area contributed by atoms with Crippen molar-refractivity contribution in [3.8, 4) is 40.0 Å². The topological polar surface area (TPSA) is 79.0 Å². The molecule has 7 nitrogen and oxygen atoms in total. The summed E-state index contributed by atoms with van der Waals surface area (Å²) in [6.45, 7) is 2.52. The molecule has 0 aliphatic carbocycles. The molecule has 0 aliphatic heterocycles. The van der Waals surface area contributed by atoms with Crippen LogP contribution in [0.2, 0.25) is 0 Å². The highest BCUT2D eigenvalue weighted by Gasteiger charge is 2.24. The number of H-pyrrole nitrogens is 1. The van der Waals surface area contributed by atoms with E-state index in [1.54, 1.807) is 19.2 Å². The van der Waals surface area contributed by atoms with E-state index in [0.29, 0.717) is 46.4 Å². The Hall–Kier alpha value is -4.13. The van der Waals surface area contributed by atoms with Crippen LogP contribution in [0.4, 0.5) is 0 Å². The number of methoxy groups -OCH3 is 4. The van der Waals surface area contributed by atoms with Crippen molar-refractivity contribution >= 4 is 16.7 Å². The molecule has 4 rings (SSSR count). The Morgan fingerprint density at radius 2 is 1.44 bits per heavy atom. The molecule has 0 saturated carbocycles. The lowest BCUT2D eigenvalue weighted by molar-refractivity contribution is 0.104. The number of ketones is 1. The predicted octanol–water partition coefficient (Wildman–Crippen LogP) is 5.50. The van der Waals surface area contributed by atoms with Crippen LogP contribution in [0.25, 0.3) is 22.2 Å². The molecule has 7 heteroatoms. The van der Waals surface area contributed by atoms with Gasteiger partial charge in [-0.1, -0.05) is 0 Å². The van der Waals surface area contributed by atoms with Gasteiger partial charge in [0.2, 0.25) is 5.75 Å². The van der Waals surface area contributed by atoms with Crippen LogP contribution >= 0.6 is 0 Å². The van der Waals surface area contributed by atoms with Crippen molar-refractivity contribution < 1.29 is 28.5 Å². The van der Waals surface area contributed by atoms with Crippen LogP contribution in [-0.4, -0.2) is 45.8 Å². The Morgan fingerprint density at radius 1 is 0.794 bits per heavy atom. The van der Waals surface area contributed by atoms with Crippen molar-refractivity contribution in [3.05, 3.63) is 65.7 Å². The standard InChI is InChI=1S/C27H27NO6/c1-6-34-18-9-7-16(8-10-18)25-24(20-12-11-19(30-2)15-21(20)28-25)26(29)17-13-22(31-3)27(33-5)23(14-17)32-4/h7-15,28H,6H2,1-5H3. The molecule has 176 valence electrons. The van der Waals surface area contributed by atoms with Gasteiger partial charge in [-0.2, -0.15) is 0 Å². The van der Waals surface area contributed by atoms with Crippen LogP contribution in [0.5, 0.6) is 28.7 Å². The molecule has 0 fully saturated rings. The molecule has 0 saturated heterocycles. The molecule has 0 aliphatic rings. The lowest BCUT2D eigenvalue weighted by Gasteiger charge is -2.14. The van der Waals surface area contributed by atoms with Crippen molar-refractivity contribution in [3.63, 3.8) is 0 Å². The number of hydrogen-bond acceptors (Lipinski definition) is 6. The molecular weight excluding hydrogens is 434 g/mol. The van der Waals surface area contributed by atoms with Gasteiger partial charge in [0.15, 0.2) is 17.3 Å². The molecule has 1 aromatic heterocycles. The van der Waals surface area contributed by atoms with Gasteiger partial charge in [-0.3, -0.25) is 4.79 Å². The van der Waals surface area contributed by atoms with Crippen LogP contribution in [0.1, 0.15) is 22.8 Å². The zero-order valence-electron chi connectivity index (χ0n) is 19.9. The normalized spacial score (nSPS) is 10.7. The first-order valence-electron chi connectivity index (χ1n) is 10.8. The quantitative estimate of drug-likeness (QED) is 0.332. The van der Waals surface area contributed by atoms with E-state index in [4.69, 9.17) is 23.7 Å². The van der Waals surface area contributed by atoms with Crippen molar-refractivity contribution in [1.82, 2.24) is 4.98 Å². The molecule has 1 heterocycles. The Bertz CT molecular complexity index is 1300. The third-order valence-electron chi connectivity index (χ3n) is 5.61. The predicted molar refractivity (Wildman–Crippen MR) is 131 cm³/mol. The number of carbonyl (C=O) groups is 1. The summed E-state index contributed by atoms with van der Waals surface area (Å²) in [4.78, 5) is 17.4. The van der Waals surface area contributed by atoms with Crippen LogP contribution in [-0.2, 0) is 0 Å². The van der Waals surface area contributed by atoms with Gasteiger partial charge in [-0.25, -0.2) is 0 Å². The molecule has 0 unspecified atom stereocenters.